The van der Waals surface area contributed by atoms with E-state index < -0.39 is 0 Å². The van der Waals surface area contributed by atoms with Crippen molar-refractivity contribution in [1.29, 1.82) is 0 Å². The number of carbonyl (C=O) groups excluding carboxylic acids is 1. The normalized spacial score (nSPS) is 9.58. The van der Waals surface area contributed by atoms with Gasteiger partial charge in [0.05, 0.1) is 12.7 Å². The van der Waals surface area contributed by atoms with E-state index in [9.17, 15) is 4.79 Å². The number of nitrogens with zero attached hydrogens (tertiary/aromatic N) is 2. The Balaban J connectivity index is 2.15. The minimum absolute atomic E-state index is 0.262. The number of hydrogen-bond acceptors (Lipinski definition) is 5. The molecule has 6 nitrogen and oxygen atoms in total. The number of anilines is 1. The average molecular weight is 256 g/mol. The van der Waals surface area contributed by atoms with E-state index in [-0.39, 0.29) is 12.5 Å². The minimum Gasteiger partial charge on any atom is -0.361 e. The number of carbonyl (C=O) groups is 1. The van der Waals surface area contributed by atoms with Gasteiger partial charge in [-0.15, -0.1) is 0 Å². The van der Waals surface area contributed by atoms with Crippen LogP contribution in [-0.4, -0.2) is 22.6 Å². The molecule has 6 heteroatoms. The number of nitrogens with one attached hydrogen (secondary N) is 1. The summed E-state index contributed by atoms with van der Waals surface area (Å²) in [5.41, 5.74) is 6.21. The fourth-order valence-electron chi connectivity index (χ4n) is 1.42. The first kappa shape index (κ1) is 12.8. The number of hydrogen-bond donors (Lipinski definition) is 2. The molecular formula is C13H12N4O2. The van der Waals surface area contributed by atoms with Crippen molar-refractivity contribution in [2.75, 3.05) is 11.9 Å². The molecule has 0 radical (unpaired) electrons. The van der Waals surface area contributed by atoms with Crippen molar-refractivity contribution in [3.05, 3.63) is 41.4 Å². The Morgan fingerprint density at radius 1 is 1.53 bits per heavy atom. The van der Waals surface area contributed by atoms with Gasteiger partial charge in [0.15, 0.2) is 0 Å². The van der Waals surface area contributed by atoms with Gasteiger partial charge in [0.25, 0.3) is 5.91 Å². The Morgan fingerprint density at radius 2 is 2.37 bits per heavy atom. The van der Waals surface area contributed by atoms with Crippen LogP contribution >= 0.6 is 0 Å². The van der Waals surface area contributed by atoms with Crippen LogP contribution in [0, 0.1) is 18.8 Å². The van der Waals surface area contributed by atoms with Crippen LogP contribution in [0.2, 0.25) is 0 Å². The Bertz CT molecular complexity index is 652. The fraction of sp³-hybridized carbons (Fsp3) is 0.154. The van der Waals surface area contributed by atoms with Gasteiger partial charge in [-0.1, -0.05) is 17.1 Å². The second-order valence-corrected chi connectivity index (χ2v) is 3.66. The summed E-state index contributed by atoms with van der Waals surface area (Å²) in [6.07, 6.45) is 1.36. The van der Waals surface area contributed by atoms with Gasteiger partial charge in [0.1, 0.15) is 22.8 Å². The summed E-state index contributed by atoms with van der Waals surface area (Å²) in [5.74, 6) is 6.04. The number of aryl methyl sites for hydroxylation is 1. The Morgan fingerprint density at radius 3 is 3.05 bits per heavy atom. The van der Waals surface area contributed by atoms with E-state index in [0.29, 0.717) is 22.8 Å². The van der Waals surface area contributed by atoms with Crippen LogP contribution in [0.5, 0.6) is 0 Å². The summed E-state index contributed by atoms with van der Waals surface area (Å²) in [6.45, 7) is 1.93. The zero-order chi connectivity index (χ0) is 13.7. The van der Waals surface area contributed by atoms with Gasteiger partial charge in [0.2, 0.25) is 0 Å². The molecule has 0 aliphatic rings. The Kier molecular flexibility index (Phi) is 3.90. The molecule has 0 saturated heterocycles. The summed E-state index contributed by atoms with van der Waals surface area (Å²) in [4.78, 5) is 16.1. The number of pyridine rings is 1. The molecule has 1 amide bonds. The van der Waals surface area contributed by atoms with Crippen LogP contribution < -0.4 is 11.1 Å². The van der Waals surface area contributed by atoms with E-state index in [2.05, 4.69) is 27.3 Å². The van der Waals surface area contributed by atoms with E-state index >= 15 is 0 Å². The van der Waals surface area contributed by atoms with Crippen LogP contribution in [0.1, 0.15) is 21.8 Å². The highest BCUT2D eigenvalue weighted by atomic mass is 16.5. The molecule has 0 spiro atoms. The lowest BCUT2D eigenvalue weighted by molar-refractivity contribution is 0.102. The van der Waals surface area contributed by atoms with E-state index in [1.54, 1.807) is 25.1 Å². The van der Waals surface area contributed by atoms with Crippen molar-refractivity contribution in [3.63, 3.8) is 0 Å². The van der Waals surface area contributed by atoms with Gasteiger partial charge in [0, 0.05) is 0 Å². The lowest BCUT2D eigenvalue weighted by atomic mass is 10.2. The van der Waals surface area contributed by atoms with Gasteiger partial charge in [-0.25, -0.2) is 4.98 Å². The fourth-order valence-corrected chi connectivity index (χ4v) is 1.42. The van der Waals surface area contributed by atoms with Gasteiger partial charge >= 0.3 is 0 Å². The molecule has 3 N–H and O–H groups in total. The predicted molar refractivity (Wildman–Crippen MR) is 69.4 cm³/mol. The zero-order valence-corrected chi connectivity index (χ0v) is 10.3. The number of rotatable bonds is 2. The molecule has 2 heterocycles. The summed E-state index contributed by atoms with van der Waals surface area (Å²) in [7, 11) is 0. The molecule has 2 aromatic heterocycles. The number of amides is 1. The van der Waals surface area contributed by atoms with Gasteiger partial charge in [-0.3, -0.25) is 4.79 Å². The molecule has 0 aromatic carbocycles. The van der Waals surface area contributed by atoms with E-state index in [0.717, 1.165) is 0 Å². The van der Waals surface area contributed by atoms with Crippen molar-refractivity contribution in [2.24, 2.45) is 5.73 Å². The highest BCUT2D eigenvalue weighted by Gasteiger charge is 2.13. The largest absolute Gasteiger partial charge is 0.361 e. The second kappa shape index (κ2) is 5.80. The Labute approximate surface area is 110 Å². The molecule has 96 valence electrons. The summed E-state index contributed by atoms with van der Waals surface area (Å²) in [5, 5.41) is 6.20. The zero-order valence-electron chi connectivity index (χ0n) is 10.3. The Hall–Kier alpha value is -2.65. The van der Waals surface area contributed by atoms with Crippen LogP contribution in [0.15, 0.2) is 28.9 Å². The van der Waals surface area contributed by atoms with E-state index in [1.165, 1.54) is 6.20 Å². The van der Waals surface area contributed by atoms with E-state index in [4.69, 9.17) is 10.3 Å². The van der Waals surface area contributed by atoms with Gasteiger partial charge < -0.3 is 15.6 Å². The maximum absolute atomic E-state index is 11.9. The van der Waals surface area contributed by atoms with Crippen molar-refractivity contribution in [2.45, 2.75) is 6.92 Å². The van der Waals surface area contributed by atoms with Crippen molar-refractivity contribution < 1.29 is 9.32 Å². The molecule has 0 fully saturated rings. The first-order chi connectivity index (χ1) is 9.20. The molecule has 0 saturated carbocycles. The number of aromatic nitrogens is 2. The predicted octanol–water partition coefficient (Wildman–Crippen LogP) is 0.941. The molecule has 0 aliphatic heterocycles. The highest BCUT2D eigenvalue weighted by Crippen LogP contribution is 2.10. The molecule has 0 aliphatic carbocycles. The average Bonchev–Trinajstić information content (AvgIpc) is 2.83. The lowest BCUT2D eigenvalue weighted by Gasteiger charge is -2.02. The molecule has 0 atom stereocenters. The highest BCUT2D eigenvalue weighted by molar-refractivity contribution is 6.04. The minimum atomic E-state index is -0.324. The summed E-state index contributed by atoms with van der Waals surface area (Å²) in [6, 6.07) is 5.17. The van der Waals surface area contributed by atoms with Crippen LogP contribution in [-0.2, 0) is 0 Å². The van der Waals surface area contributed by atoms with Crippen LogP contribution in [0.25, 0.3) is 0 Å². The van der Waals surface area contributed by atoms with Crippen LogP contribution in [0.4, 0.5) is 5.82 Å². The molecule has 0 bridgehead atoms. The second-order valence-electron chi connectivity index (χ2n) is 3.66. The molecule has 2 rings (SSSR count). The van der Waals surface area contributed by atoms with Crippen molar-refractivity contribution >= 4 is 11.7 Å². The maximum Gasteiger partial charge on any atom is 0.262 e. The quantitative estimate of drug-likeness (QED) is 0.780. The summed E-state index contributed by atoms with van der Waals surface area (Å²) >= 11 is 0. The third-order valence-electron chi connectivity index (χ3n) is 2.30. The SMILES string of the molecule is Cc1oncc1C(=O)Nc1cccc(C#CCN)n1. The van der Waals surface area contributed by atoms with Crippen LogP contribution in [0.3, 0.4) is 0 Å². The molecule has 2 aromatic rings. The van der Waals surface area contributed by atoms with Gasteiger partial charge in [-0.2, -0.15) is 0 Å². The van der Waals surface area contributed by atoms with E-state index in [1.807, 2.05) is 0 Å². The first-order valence-corrected chi connectivity index (χ1v) is 5.59. The monoisotopic (exact) mass is 256 g/mol. The smallest absolute Gasteiger partial charge is 0.262 e. The summed E-state index contributed by atoms with van der Waals surface area (Å²) < 4.78 is 4.83. The van der Waals surface area contributed by atoms with Crippen molar-refractivity contribution in [1.82, 2.24) is 10.1 Å². The van der Waals surface area contributed by atoms with Crippen molar-refractivity contribution in [3.8, 4) is 11.8 Å². The third-order valence-corrected chi connectivity index (χ3v) is 2.30. The van der Waals surface area contributed by atoms with Gasteiger partial charge in [-0.05, 0) is 25.0 Å². The maximum atomic E-state index is 11.9. The topological polar surface area (TPSA) is 94.0 Å². The molecule has 19 heavy (non-hydrogen) atoms. The standard InChI is InChI=1S/C13H12N4O2/c1-9-11(8-15-19-9)13(18)17-12-6-2-4-10(16-12)5-3-7-14/h2,4,6,8H,7,14H2,1H3,(H,16,17,18). The number of nitrogens with two attached hydrogens (primary N) is 1. The molecular weight excluding hydrogens is 244 g/mol. The first-order valence-electron chi connectivity index (χ1n) is 5.59. The third kappa shape index (κ3) is 3.18. The lowest BCUT2D eigenvalue weighted by Crippen LogP contribution is -2.13. The molecule has 0 unspecified atom stereocenters.